The van der Waals surface area contributed by atoms with Crippen LogP contribution < -0.4 is 27.1 Å². The first-order valence-electron chi connectivity index (χ1n) is 28.4. The maximum atomic E-state index is 12.6. The molecular formula is C71H75N5O14. The number of hydrogen-bond acceptors (Lipinski definition) is 13. The van der Waals surface area contributed by atoms with E-state index in [4.69, 9.17) is 41.7 Å². The van der Waals surface area contributed by atoms with Gasteiger partial charge < -0.3 is 34.7 Å². The summed E-state index contributed by atoms with van der Waals surface area (Å²) in [5.41, 5.74) is 17.0. The third kappa shape index (κ3) is 21.3. The molecule has 468 valence electrons. The van der Waals surface area contributed by atoms with Gasteiger partial charge in [0.2, 0.25) is 0 Å². The monoisotopic (exact) mass is 1220 g/mol. The topological polar surface area (TPSA) is 247 Å². The van der Waals surface area contributed by atoms with Gasteiger partial charge in [0.05, 0.1) is 50.3 Å². The van der Waals surface area contributed by atoms with Crippen LogP contribution in [0.3, 0.4) is 0 Å². The molecule has 19 nitrogen and oxygen atoms in total. The van der Waals surface area contributed by atoms with Crippen molar-refractivity contribution in [1.29, 1.82) is 0 Å². The van der Waals surface area contributed by atoms with Crippen LogP contribution in [0.25, 0.3) is 22.3 Å². The zero-order valence-electron chi connectivity index (χ0n) is 52.1. The number of hydroxylamine groups is 3. The quantitative estimate of drug-likeness (QED) is 0.0368. The van der Waals surface area contributed by atoms with Gasteiger partial charge in [-0.3, -0.25) is 28.9 Å². The molecule has 5 amide bonds. The molecule has 0 spiro atoms. The van der Waals surface area contributed by atoms with E-state index >= 15 is 0 Å². The summed E-state index contributed by atoms with van der Waals surface area (Å²) in [7, 11) is 4.03. The Balaban J connectivity index is 0.000000227. The SMILES string of the molecule is C#CC#Cc1ccc(C(=O)NC(C(=O)NOC)[C@@H](C)OC(C)(C)C)cc1.C#CC#Cc1ccc(C(=O)O)cc1.CONC(=O)C(NC(=O)OCC1c2ccccc2-c2ccccc21)[C@@H](C)OC(C)(C)C.CONC(=O)OCC1c2ccccc2-c2ccccc21. The van der Waals surface area contributed by atoms with Crippen LogP contribution in [-0.2, 0) is 43.0 Å². The Hall–Kier alpha value is -10.2. The van der Waals surface area contributed by atoms with Crippen molar-refractivity contribution in [3.63, 3.8) is 0 Å². The van der Waals surface area contributed by atoms with E-state index < -0.39 is 71.4 Å². The summed E-state index contributed by atoms with van der Waals surface area (Å²) in [6.45, 7) is 15.1. The lowest BCUT2D eigenvalue weighted by atomic mass is 9.98. The Morgan fingerprint density at radius 3 is 1.14 bits per heavy atom. The lowest BCUT2D eigenvalue weighted by molar-refractivity contribution is -0.141. The van der Waals surface area contributed by atoms with Crippen molar-refractivity contribution in [3.8, 4) is 70.6 Å². The first kappa shape index (κ1) is 70.5. The number of rotatable bonds is 17. The van der Waals surface area contributed by atoms with E-state index in [-0.39, 0.29) is 24.0 Å². The minimum absolute atomic E-state index is 0.0624. The number of carboxylic acids is 1. The number of fused-ring (bicyclic) bond motifs is 6. The third-order valence-corrected chi connectivity index (χ3v) is 13.3. The van der Waals surface area contributed by atoms with Gasteiger partial charge in [-0.2, -0.15) is 5.48 Å². The number of nitrogens with one attached hydrogen (secondary N) is 5. The first-order chi connectivity index (χ1) is 42.9. The molecule has 0 aliphatic heterocycles. The van der Waals surface area contributed by atoms with E-state index in [0.717, 1.165) is 22.3 Å². The summed E-state index contributed by atoms with van der Waals surface area (Å²) in [5, 5.41) is 13.9. The number of hydrogen-bond donors (Lipinski definition) is 6. The fraction of sp³-hybridized carbons (Fsp3) is 0.296. The molecule has 2 aliphatic carbocycles. The van der Waals surface area contributed by atoms with Crippen LogP contribution in [0.5, 0.6) is 0 Å². The molecule has 0 heterocycles. The highest BCUT2D eigenvalue weighted by molar-refractivity contribution is 5.97. The smallest absolute Gasteiger partial charge is 0.431 e. The van der Waals surface area contributed by atoms with Gasteiger partial charge in [-0.1, -0.05) is 109 Å². The lowest BCUT2D eigenvalue weighted by Crippen LogP contribution is -2.54. The molecule has 6 aromatic rings. The Morgan fingerprint density at radius 1 is 0.478 bits per heavy atom. The van der Waals surface area contributed by atoms with Crippen molar-refractivity contribution in [1.82, 2.24) is 27.1 Å². The average molecular weight is 1220 g/mol. The third-order valence-electron chi connectivity index (χ3n) is 13.3. The van der Waals surface area contributed by atoms with Crippen LogP contribution in [-0.4, -0.2) is 111 Å². The van der Waals surface area contributed by atoms with Crippen LogP contribution in [0.2, 0.25) is 0 Å². The lowest BCUT2D eigenvalue weighted by Gasteiger charge is -2.30. The number of carbonyl (C=O) groups is 6. The second kappa shape index (κ2) is 34.4. The zero-order chi connectivity index (χ0) is 66.0. The molecule has 4 atom stereocenters. The van der Waals surface area contributed by atoms with E-state index in [0.29, 0.717) is 23.3 Å². The van der Waals surface area contributed by atoms with Crippen LogP contribution in [0.1, 0.15) is 121 Å². The Labute approximate surface area is 526 Å². The summed E-state index contributed by atoms with van der Waals surface area (Å²) >= 11 is 0. The van der Waals surface area contributed by atoms with Gasteiger partial charge in [0.1, 0.15) is 25.3 Å². The van der Waals surface area contributed by atoms with Gasteiger partial charge in [-0.15, -0.1) is 12.8 Å². The molecule has 6 aromatic carbocycles. The number of carboxylic acid groups (broad SMARTS) is 1. The van der Waals surface area contributed by atoms with Crippen LogP contribution in [0, 0.1) is 48.4 Å². The molecule has 8 rings (SSSR count). The Morgan fingerprint density at radius 2 is 0.811 bits per heavy atom. The maximum Gasteiger partial charge on any atom is 0.431 e. The van der Waals surface area contributed by atoms with Gasteiger partial charge in [-0.05, 0) is 172 Å². The molecule has 0 radical (unpaired) electrons. The van der Waals surface area contributed by atoms with Crippen LogP contribution >= 0.6 is 0 Å². The normalized spacial score (nSPS) is 12.8. The summed E-state index contributed by atoms with van der Waals surface area (Å²) in [4.78, 5) is 85.5. The molecule has 2 aliphatic rings. The fourth-order valence-corrected chi connectivity index (χ4v) is 9.69. The zero-order valence-corrected chi connectivity index (χ0v) is 52.1. The molecular weight excluding hydrogens is 1150 g/mol. The molecule has 19 heteroatoms. The molecule has 2 unspecified atom stereocenters. The minimum atomic E-state index is -0.977. The van der Waals surface area contributed by atoms with E-state index in [2.05, 4.69) is 121 Å². The summed E-state index contributed by atoms with van der Waals surface area (Å²) in [6, 6.07) is 43.5. The molecule has 6 N–H and O–H groups in total. The van der Waals surface area contributed by atoms with Gasteiger partial charge in [0.15, 0.2) is 0 Å². The predicted octanol–water partition coefficient (Wildman–Crippen LogP) is 9.88. The van der Waals surface area contributed by atoms with Crippen LogP contribution in [0.4, 0.5) is 9.59 Å². The standard InChI is InChI=1S/C24H30N2O5.C20H24N2O4.C16H15NO3.C11H6O2/c1-15(31-24(2,3)4)21(22(27)26-29-5)25-23(28)30-14-20-18-12-8-6-10-16(18)17-11-7-9-13-19(17)20;1-7-8-9-15-10-12-16(13-11-15)18(23)21-17(19(24)22-25-6)14(2)26-20(3,4)5;1-19-17-16(18)20-10-15-13-8-4-2-6-11(13)12-7-3-5-9-14(12)15;1-2-3-4-9-5-7-10(8-6-9)11(12)13/h6-13,15,20-21H,14H2,1-5H3,(H,25,28)(H,26,27);1,10-14,17H,2-6H3,(H,21,23)(H,22,24);2-9,15H,10H2,1H3,(H,17,18);1,5-8H,(H,12,13)/t15-,21?;14-,17?;;/m11../s1. The van der Waals surface area contributed by atoms with Crippen molar-refractivity contribution in [2.45, 2.75) is 103 Å². The number of alkyl carbamates (subject to hydrolysis) is 1. The van der Waals surface area contributed by atoms with Crippen molar-refractivity contribution in [2.24, 2.45) is 0 Å². The average Bonchev–Trinajstić information content (AvgIpc) is 1.64. The van der Waals surface area contributed by atoms with Crippen molar-refractivity contribution >= 4 is 35.9 Å². The van der Waals surface area contributed by atoms with Crippen molar-refractivity contribution in [3.05, 3.63) is 190 Å². The highest BCUT2D eigenvalue weighted by Gasteiger charge is 2.35. The minimum Gasteiger partial charge on any atom is -0.478 e. The van der Waals surface area contributed by atoms with Gasteiger partial charge in [-0.25, -0.2) is 25.3 Å². The molecule has 0 saturated carbocycles. The number of benzene rings is 6. The van der Waals surface area contributed by atoms with Crippen molar-refractivity contribution < 1.29 is 67.3 Å². The number of amides is 5. The number of aromatic carboxylic acids is 1. The second-order valence-electron chi connectivity index (χ2n) is 22.0. The highest BCUT2D eigenvalue weighted by atomic mass is 16.7. The first-order valence-corrected chi connectivity index (χ1v) is 28.4. The van der Waals surface area contributed by atoms with E-state index in [1.165, 1.54) is 55.7 Å². The highest BCUT2D eigenvalue weighted by Crippen LogP contribution is 2.45. The van der Waals surface area contributed by atoms with E-state index in [1.54, 1.807) is 50.2 Å². The largest absolute Gasteiger partial charge is 0.478 e. The second-order valence-corrected chi connectivity index (χ2v) is 22.0. The predicted molar refractivity (Wildman–Crippen MR) is 341 cm³/mol. The number of carbonyl (C=O) groups excluding carboxylic acids is 5. The summed E-state index contributed by atoms with van der Waals surface area (Å²) < 4.78 is 22.4. The molecule has 0 bridgehead atoms. The van der Waals surface area contributed by atoms with Gasteiger partial charge >= 0.3 is 18.2 Å². The van der Waals surface area contributed by atoms with E-state index in [9.17, 15) is 28.8 Å². The number of terminal acetylenes is 2. The van der Waals surface area contributed by atoms with E-state index in [1.807, 2.05) is 90.1 Å². The molecule has 0 aromatic heterocycles. The molecule has 0 fully saturated rings. The summed E-state index contributed by atoms with van der Waals surface area (Å²) in [5.74, 6) is 12.4. The number of ether oxygens (including phenoxy) is 4. The Bertz CT molecular complexity index is 3570. The Kier molecular flexibility index (Phi) is 26.9. The van der Waals surface area contributed by atoms with Gasteiger partial charge in [0, 0.05) is 28.5 Å². The van der Waals surface area contributed by atoms with Crippen LogP contribution in [0.15, 0.2) is 146 Å². The fourth-order valence-electron chi connectivity index (χ4n) is 9.69. The summed E-state index contributed by atoms with van der Waals surface area (Å²) in [6.07, 6.45) is 7.58. The maximum absolute atomic E-state index is 12.6. The molecule has 0 saturated heterocycles. The molecule has 90 heavy (non-hydrogen) atoms. The van der Waals surface area contributed by atoms with Crippen molar-refractivity contribution in [2.75, 3.05) is 34.5 Å². The van der Waals surface area contributed by atoms with Gasteiger partial charge in [0.25, 0.3) is 17.7 Å².